The Morgan fingerprint density at radius 3 is 2.50 bits per heavy atom. The van der Waals surface area contributed by atoms with Crippen LogP contribution in [-0.4, -0.2) is 35.3 Å². The summed E-state index contributed by atoms with van der Waals surface area (Å²) >= 11 is 0. The molecule has 2 aromatic rings. The summed E-state index contributed by atoms with van der Waals surface area (Å²) in [6, 6.07) is 17.4. The predicted octanol–water partition coefficient (Wildman–Crippen LogP) is 3.82. The fourth-order valence-corrected chi connectivity index (χ4v) is 3.47. The molecule has 2 aromatic carbocycles. The van der Waals surface area contributed by atoms with Crippen LogP contribution >= 0.6 is 0 Å². The molecule has 1 aliphatic rings. The van der Waals surface area contributed by atoms with E-state index in [0.717, 1.165) is 38.0 Å². The molecule has 1 saturated heterocycles. The maximum absolute atomic E-state index is 12.8. The van der Waals surface area contributed by atoms with Gasteiger partial charge in [0, 0.05) is 23.8 Å². The molecule has 0 bridgehead atoms. The van der Waals surface area contributed by atoms with Crippen molar-refractivity contribution >= 4 is 17.5 Å². The number of benzene rings is 2. The van der Waals surface area contributed by atoms with Crippen molar-refractivity contribution in [2.24, 2.45) is 0 Å². The molecule has 5 heteroatoms. The first-order valence-corrected chi connectivity index (χ1v) is 10.1. The Bertz CT molecular complexity index is 789. The van der Waals surface area contributed by atoms with E-state index < -0.39 is 0 Å². The van der Waals surface area contributed by atoms with E-state index in [1.165, 1.54) is 5.56 Å². The van der Waals surface area contributed by atoms with Crippen LogP contribution in [0.5, 0.6) is 0 Å². The zero-order chi connectivity index (χ0) is 19.9. The van der Waals surface area contributed by atoms with E-state index in [1.807, 2.05) is 32.0 Å². The number of anilines is 1. The predicted molar refractivity (Wildman–Crippen MR) is 112 cm³/mol. The summed E-state index contributed by atoms with van der Waals surface area (Å²) in [6.45, 7) is 5.73. The molecule has 148 valence electrons. The van der Waals surface area contributed by atoms with Gasteiger partial charge in [-0.25, -0.2) is 0 Å². The van der Waals surface area contributed by atoms with Crippen LogP contribution in [0.15, 0.2) is 54.6 Å². The van der Waals surface area contributed by atoms with Gasteiger partial charge in [-0.05, 0) is 62.6 Å². The quantitative estimate of drug-likeness (QED) is 0.769. The number of likely N-dealkylation sites (tertiary alicyclic amines) is 1. The molecule has 1 fully saturated rings. The van der Waals surface area contributed by atoms with Gasteiger partial charge in [-0.2, -0.15) is 0 Å². The third-order valence-electron chi connectivity index (χ3n) is 5.30. The fourth-order valence-electron chi connectivity index (χ4n) is 3.47. The smallest absolute Gasteiger partial charge is 0.251 e. The van der Waals surface area contributed by atoms with Gasteiger partial charge in [0.05, 0.1) is 6.04 Å². The van der Waals surface area contributed by atoms with Crippen LogP contribution in [0.2, 0.25) is 0 Å². The van der Waals surface area contributed by atoms with Crippen molar-refractivity contribution in [1.29, 1.82) is 0 Å². The van der Waals surface area contributed by atoms with E-state index in [4.69, 9.17) is 0 Å². The Hall–Kier alpha value is -2.66. The standard InChI is InChI=1S/C23H29N3O2/c1-3-17(2)24-22(27)19-11-13-20(14-12-19)25-23(28)21-10-7-15-26(21)16-18-8-5-4-6-9-18/h4-6,8-9,11-14,17,21H,3,7,10,15-16H2,1-2H3,(H,24,27)(H,25,28). The third kappa shape index (κ3) is 5.20. The van der Waals surface area contributed by atoms with Crippen molar-refractivity contribution < 1.29 is 9.59 Å². The number of rotatable bonds is 7. The van der Waals surface area contributed by atoms with E-state index in [9.17, 15) is 9.59 Å². The van der Waals surface area contributed by atoms with Gasteiger partial charge in [-0.15, -0.1) is 0 Å². The third-order valence-corrected chi connectivity index (χ3v) is 5.30. The highest BCUT2D eigenvalue weighted by Crippen LogP contribution is 2.22. The molecule has 2 atom stereocenters. The lowest BCUT2D eigenvalue weighted by Gasteiger charge is -2.23. The zero-order valence-corrected chi connectivity index (χ0v) is 16.7. The van der Waals surface area contributed by atoms with E-state index in [0.29, 0.717) is 5.56 Å². The van der Waals surface area contributed by atoms with Gasteiger partial charge < -0.3 is 10.6 Å². The van der Waals surface area contributed by atoms with Crippen LogP contribution in [0.25, 0.3) is 0 Å². The average molecular weight is 380 g/mol. The summed E-state index contributed by atoms with van der Waals surface area (Å²) in [5, 5.41) is 5.95. The molecule has 5 nitrogen and oxygen atoms in total. The van der Waals surface area contributed by atoms with Gasteiger partial charge in [-0.3, -0.25) is 14.5 Å². The van der Waals surface area contributed by atoms with E-state index in [1.54, 1.807) is 24.3 Å². The Labute approximate surface area is 167 Å². The molecule has 3 rings (SSSR count). The van der Waals surface area contributed by atoms with Crippen molar-refractivity contribution in [1.82, 2.24) is 10.2 Å². The SMILES string of the molecule is CCC(C)NC(=O)c1ccc(NC(=O)C2CCCN2Cc2ccccc2)cc1. The highest BCUT2D eigenvalue weighted by atomic mass is 16.2. The average Bonchev–Trinajstić information content (AvgIpc) is 3.17. The summed E-state index contributed by atoms with van der Waals surface area (Å²) < 4.78 is 0. The van der Waals surface area contributed by atoms with Crippen molar-refractivity contribution in [2.45, 2.75) is 51.7 Å². The van der Waals surface area contributed by atoms with Crippen molar-refractivity contribution in [3.8, 4) is 0 Å². The van der Waals surface area contributed by atoms with Gasteiger partial charge in [0.2, 0.25) is 5.91 Å². The molecule has 2 amide bonds. The minimum atomic E-state index is -0.117. The first-order chi connectivity index (χ1) is 13.6. The number of nitrogens with one attached hydrogen (secondary N) is 2. The topological polar surface area (TPSA) is 61.4 Å². The number of carbonyl (C=O) groups excluding carboxylic acids is 2. The first kappa shape index (κ1) is 20.1. The van der Waals surface area contributed by atoms with Crippen LogP contribution in [0.4, 0.5) is 5.69 Å². The van der Waals surface area contributed by atoms with Crippen LogP contribution < -0.4 is 10.6 Å². The Balaban J connectivity index is 1.58. The Morgan fingerprint density at radius 1 is 1.11 bits per heavy atom. The molecule has 0 saturated carbocycles. The molecular formula is C23H29N3O2. The number of hydrogen-bond donors (Lipinski definition) is 2. The lowest BCUT2D eigenvalue weighted by atomic mass is 10.1. The van der Waals surface area contributed by atoms with E-state index >= 15 is 0 Å². The van der Waals surface area contributed by atoms with E-state index in [2.05, 4.69) is 27.7 Å². The van der Waals surface area contributed by atoms with Crippen LogP contribution in [0, 0.1) is 0 Å². The maximum atomic E-state index is 12.8. The second kappa shape index (κ2) is 9.51. The van der Waals surface area contributed by atoms with E-state index in [-0.39, 0.29) is 23.9 Å². The zero-order valence-electron chi connectivity index (χ0n) is 16.7. The Morgan fingerprint density at radius 2 is 1.82 bits per heavy atom. The minimum absolute atomic E-state index is 0.0187. The number of hydrogen-bond acceptors (Lipinski definition) is 3. The lowest BCUT2D eigenvalue weighted by molar-refractivity contribution is -0.120. The highest BCUT2D eigenvalue weighted by Gasteiger charge is 2.30. The van der Waals surface area contributed by atoms with Crippen LogP contribution in [0.1, 0.15) is 49.0 Å². The van der Waals surface area contributed by atoms with Crippen molar-refractivity contribution in [3.05, 3.63) is 65.7 Å². The minimum Gasteiger partial charge on any atom is -0.350 e. The Kier molecular flexibility index (Phi) is 6.82. The molecule has 2 unspecified atom stereocenters. The van der Waals surface area contributed by atoms with Gasteiger partial charge in [-0.1, -0.05) is 37.3 Å². The van der Waals surface area contributed by atoms with Crippen LogP contribution in [-0.2, 0) is 11.3 Å². The number of nitrogens with zero attached hydrogens (tertiary/aromatic N) is 1. The summed E-state index contributed by atoms with van der Waals surface area (Å²) in [5.74, 6) is -0.0673. The largest absolute Gasteiger partial charge is 0.350 e. The van der Waals surface area contributed by atoms with Gasteiger partial charge >= 0.3 is 0 Å². The highest BCUT2D eigenvalue weighted by molar-refractivity contribution is 5.97. The van der Waals surface area contributed by atoms with Crippen LogP contribution in [0.3, 0.4) is 0 Å². The molecular weight excluding hydrogens is 350 g/mol. The molecule has 0 aromatic heterocycles. The molecule has 0 spiro atoms. The van der Waals surface area contributed by atoms with Crippen molar-refractivity contribution in [2.75, 3.05) is 11.9 Å². The molecule has 2 N–H and O–H groups in total. The molecule has 1 aliphatic heterocycles. The molecule has 28 heavy (non-hydrogen) atoms. The summed E-state index contributed by atoms with van der Waals surface area (Å²) in [4.78, 5) is 27.2. The summed E-state index contributed by atoms with van der Waals surface area (Å²) in [5.41, 5.74) is 2.54. The maximum Gasteiger partial charge on any atom is 0.251 e. The molecule has 0 aliphatic carbocycles. The fraction of sp³-hybridized carbons (Fsp3) is 0.391. The first-order valence-electron chi connectivity index (χ1n) is 10.1. The summed E-state index contributed by atoms with van der Waals surface area (Å²) in [7, 11) is 0. The molecule has 1 heterocycles. The van der Waals surface area contributed by atoms with Crippen molar-refractivity contribution in [3.63, 3.8) is 0 Å². The van der Waals surface area contributed by atoms with Gasteiger partial charge in [0.15, 0.2) is 0 Å². The van der Waals surface area contributed by atoms with Gasteiger partial charge in [0.1, 0.15) is 0 Å². The number of amides is 2. The monoisotopic (exact) mass is 379 g/mol. The lowest BCUT2D eigenvalue weighted by Crippen LogP contribution is -2.39. The second-order valence-electron chi connectivity index (χ2n) is 7.46. The van der Waals surface area contributed by atoms with Gasteiger partial charge in [0.25, 0.3) is 5.91 Å². The second-order valence-corrected chi connectivity index (χ2v) is 7.46. The molecule has 0 radical (unpaired) electrons. The number of carbonyl (C=O) groups is 2. The summed E-state index contributed by atoms with van der Waals surface area (Å²) in [6.07, 6.45) is 2.79. The normalized spacial score (nSPS) is 17.9.